The Morgan fingerprint density at radius 1 is 1.12 bits per heavy atom. The number of nitrogens with two attached hydrogens (primary N) is 1. The highest BCUT2D eigenvalue weighted by atomic mass is 16.3. The zero-order chi connectivity index (χ0) is 11.6. The van der Waals surface area contributed by atoms with Crippen LogP contribution in [0.3, 0.4) is 0 Å². The van der Waals surface area contributed by atoms with Crippen LogP contribution >= 0.6 is 0 Å². The lowest BCUT2D eigenvalue weighted by molar-refractivity contribution is -0.0203. The lowest BCUT2D eigenvalue weighted by atomic mass is 9.77. The minimum Gasteiger partial charge on any atom is -0.388 e. The first-order valence-corrected chi connectivity index (χ1v) is 6.16. The van der Waals surface area contributed by atoms with Gasteiger partial charge in [-0.3, -0.25) is 0 Å². The van der Waals surface area contributed by atoms with E-state index in [-0.39, 0.29) is 6.04 Å². The molecule has 0 aromatic heterocycles. The second-order valence-corrected chi connectivity index (χ2v) is 5.05. The van der Waals surface area contributed by atoms with Gasteiger partial charge in [-0.05, 0) is 25.3 Å². The van der Waals surface area contributed by atoms with Crippen molar-refractivity contribution in [3.63, 3.8) is 0 Å². The van der Waals surface area contributed by atoms with Crippen LogP contribution in [-0.2, 0) is 0 Å². The summed E-state index contributed by atoms with van der Waals surface area (Å²) in [4.78, 5) is 0. The Morgan fingerprint density at radius 2 is 1.69 bits per heavy atom. The number of aryl methyl sites for hydroxylation is 1. The van der Waals surface area contributed by atoms with Crippen molar-refractivity contribution >= 4 is 0 Å². The molecule has 88 valence electrons. The summed E-state index contributed by atoms with van der Waals surface area (Å²) in [6.07, 6.45) is 5.08. The predicted molar refractivity (Wildman–Crippen MR) is 66.1 cm³/mol. The summed E-state index contributed by atoms with van der Waals surface area (Å²) in [7, 11) is 0. The molecular weight excluding hydrogens is 198 g/mol. The third-order valence-electron chi connectivity index (χ3n) is 3.73. The Kier molecular flexibility index (Phi) is 3.31. The van der Waals surface area contributed by atoms with Crippen molar-refractivity contribution in [1.29, 1.82) is 0 Å². The fourth-order valence-corrected chi connectivity index (χ4v) is 2.56. The third kappa shape index (κ3) is 2.28. The lowest BCUT2D eigenvalue weighted by Crippen LogP contribution is -2.42. The van der Waals surface area contributed by atoms with Crippen LogP contribution in [0.4, 0.5) is 0 Å². The molecule has 0 amide bonds. The fourth-order valence-electron chi connectivity index (χ4n) is 2.56. The predicted octanol–water partition coefficient (Wildman–Crippen LogP) is 2.69. The summed E-state index contributed by atoms with van der Waals surface area (Å²) in [6.45, 7) is 2.06. The van der Waals surface area contributed by atoms with Gasteiger partial charge in [0.15, 0.2) is 0 Å². The summed E-state index contributed by atoms with van der Waals surface area (Å²) < 4.78 is 0. The maximum absolute atomic E-state index is 10.5. The maximum Gasteiger partial charge on any atom is 0.0839 e. The van der Waals surface area contributed by atoms with Gasteiger partial charge in [0.25, 0.3) is 0 Å². The van der Waals surface area contributed by atoms with Crippen LogP contribution in [0.1, 0.15) is 49.3 Å². The molecule has 0 spiro atoms. The van der Waals surface area contributed by atoms with Crippen molar-refractivity contribution in [2.45, 2.75) is 50.7 Å². The van der Waals surface area contributed by atoms with Crippen LogP contribution in [0.25, 0.3) is 0 Å². The molecule has 2 heteroatoms. The van der Waals surface area contributed by atoms with Gasteiger partial charge in [-0.1, -0.05) is 49.1 Å². The topological polar surface area (TPSA) is 46.2 Å². The fraction of sp³-hybridized carbons (Fsp3) is 0.571. The molecule has 1 saturated carbocycles. The quantitative estimate of drug-likeness (QED) is 0.803. The monoisotopic (exact) mass is 219 g/mol. The Bertz CT molecular complexity index is 338. The molecule has 3 N–H and O–H groups in total. The van der Waals surface area contributed by atoms with Gasteiger partial charge in [-0.25, -0.2) is 0 Å². The number of hydrogen-bond acceptors (Lipinski definition) is 2. The summed E-state index contributed by atoms with van der Waals surface area (Å²) in [5.41, 5.74) is 7.80. The number of rotatable bonds is 2. The molecule has 1 unspecified atom stereocenters. The zero-order valence-corrected chi connectivity index (χ0v) is 9.95. The van der Waals surface area contributed by atoms with Gasteiger partial charge in [-0.2, -0.15) is 0 Å². The molecule has 2 rings (SSSR count). The SMILES string of the molecule is Cc1ccc(C(N)C2(O)CCCCC2)cc1. The van der Waals surface area contributed by atoms with E-state index in [1.54, 1.807) is 0 Å². The average Bonchev–Trinajstić information content (AvgIpc) is 2.30. The Hall–Kier alpha value is -0.860. The van der Waals surface area contributed by atoms with E-state index in [0.29, 0.717) is 0 Å². The third-order valence-corrected chi connectivity index (χ3v) is 3.73. The van der Waals surface area contributed by atoms with E-state index in [1.165, 1.54) is 12.0 Å². The van der Waals surface area contributed by atoms with Gasteiger partial charge in [0.1, 0.15) is 0 Å². The molecule has 16 heavy (non-hydrogen) atoms. The molecule has 1 aliphatic rings. The molecule has 1 aromatic rings. The van der Waals surface area contributed by atoms with Gasteiger partial charge in [0.2, 0.25) is 0 Å². The molecule has 0 bridgehead atoms. The standard InChI is InChI=1S/C14H21NO/c1-11-5-7-12(8-6-11)13(15)14(16)9-3-2-4-10-14/h5-8,13,16H,2-4,9-10,15H2,1H3. The maximum atomic E-state index is 10.5. The number of hydrogen-bond donors (Lipinski definition) is 2. The molecule has 1 atom stereocenters. The largest absolute Gasteiger partial charge is 0.388 e. The Balaban J connectivity index is 2.16. The van der Waals surface area contributed by atoms with Crippen LogP contribution in [0.2, 0.25) is 0 Å². The molecule has 0 aliphatic heterocycles. The van der Waals surface area contributed by atoms with Crippen molar-refractivity contribution in [3.05, 3.63) is 35.4 Å². The molecule has 2 nitrogen and oxygen atoms in total. The smallest absolute Gasteiger partial charge is 0.0839 e. The molecule has 1 aliphatic carbocycles. The van der Waals surface area contributed by atoms with Crippen molar-refractivity contribution in [2.75, 3.05) is 0 Å². The summed E-state index contributed by atoms with van der Waals surface area (Å²) in [5.74, 6) is 0. The first kappa shape index (κ1) is 11.6. The van der Waals surface area contributed by atoms with Gasteiger partial charge in [0.05, 0.1) is 11.6 Å². The minimum absolute atomic E-state index is 0.242. The van der Waals surface area contributed by atoms with E-state index in [1.807, 2.05) is 12.1 Å². The van der Waals surface area contributed by atoms with Gasteiger partial charge < -0.3 is 10.8 Å². The van der Waals surface area contributed by atoms with Crippen LogP contribution in [0.5, 0.6) is 0 Å². The summed E-state index contributed by atoms with van der Waals surface area (Å²) in [5, 5.41) is 10.5. The van der Waals surface area contributed by atoms with Gasteiger partial charge in [-0.15, -0.1) is 0 Å². The van der Waals surface area contributed by atoms with Gasteiger partial charge in [0, 0.05) is 0 Å². The summed E-state index contributed by atoms with van der Waals surface area (Å²) in [6, 6.07) is 7.94. The first-order valence-electron chi connectivity index (χ1n) is 6.16. The molecule has 0 saturated heterocycles. The van der Waals surface area contributed by atoms with Crippen LogP contribution in [-0.4, -0.2) is 10.7 Å². The van der Waals surface area contributed by atoms with E-state index in [4.69, 9.17) is 5.73 Å². The highest BCUT2D eigenvalue weighted by Gasteiger charge is 2.36. The minimum atomic E-state index is -0.687. The second-order valence-electron chi connectivity index (χ2n) is 5.05. The number of aliphatic hydroxyl groups is 1. The van der Waals surface area contributed by atoms with E-state index >= 15 is 0 Å². The second kappa shape index (κ2) is 4.56. The van der Waals surface area contributed by atoms with Crippen LogP contribution < -0.4 is 5.73 Å². The molecular formula is C14H21NO. The number of benzene rings is 1. The van der Waals surface area contributed by atoms with Crippen LogP contribution in [0.15, 0.2) is 24.3 Å². The van der Waals surface area contributed by atoms with E-state index < -0.39 is 5.60 Å². The van der Waals surface area contributed by atoms with E-state index in [0.717, 1.165) is 31.2 Å². The Labute approximate surface area is 97.5 Å². The van der Waals surface area contributed by atoms with E-state index in [9.17, 15) is 5.11 Å². The first-order chi connectivity index (χ1) is 7.62. The normalized spacial score (nSPS) is 21.7. The van der Waals surface area contributed by atoms with E-state index in [2.05, 4.69) is 19.1 Å². The van der Waals surface area contributed by atoms with Crippen molar-refractivity contribution in [3.8, 4) is 0 Å². The Morgan fingerprint density at radius 3 is 2.25 bits per heavy atom. The average molecular weight is 219 g/mol. The highest BCUT2D eigenvalue weighted by molar-refractivity contribution is 5.26. The van der Waals surface area contributed by atoms with Crippen molar-refractivity contribution in [2.24, 2.45) is 5.73 Å². The molecule has 0 radical (unpaired) electrons. The zero-order valence-electron chi connectivity index (χ0n) is 9.95. The lowest BCUT2D eigenvalue weighted by Gasteiger charge is -2.37. The summed E-state index contributed by atoms with van der Waals surface area (Å²) >= 11 is 0. The molecule has 0 heterocycles. The van der Waals surface area contributed by atoms with Gasteiger partial charge >= 0.3 is 0 Å². The van der Waals surface area contributed by atoms with Crippen LogP contribution in [0, 0.1) is 6.92 Å². The van der Waals surface area contributed by atoms with Crippen molar-refractivity contribution in [1.82, 2.24) is 0 Å². The highest BCUT2D eigenvalue weighted by Crippen LogP contribution is 2.36. The van der Waals surface area contributed by atoms with Crippen molar-refractivity contribution < 1.29 is 5.11 Å². The molecule has 1 fully saturated rings. The molecule has 1 aromatic carbocycles.